The second-order valence-corrected chi connectivity index (χ2v) is 10.4. The van der Waals surface area contributed by atoms with Gasteiger partial charge in [-0.15, -0.1) is 0 Å². The van der Waals surface area contributed by atoms with Crippen LogP contribution in [0.2, 0.25) is 5.02 Å². The van der Waals surface area contributed by atoms with Crippen LogP contribution in [0.15, 0.2) is 46.9 Å². The van der Waals surface area contributed by atoms with Crippen LogP contribution in [0, 0.1) is 6.92 Å². The zero-order chi connectivity index (χ0) is 25.8. The molecule has 36 heavy (non-hydrogen) atoms. The number of pyridine rings is 1. The second-order valence-electron chi connectivity index (χ2n) is 9.05. The predicted octanol–water partition coefficient (Wildman–Crippen LogP) is 5.56. The zero-order valence-corrected chi connectivity index (χ0v) is 22.6. The van der Waals surface area contributed by atoms with Crippen molar-refractivity contribution in [1.82, 2.24) is 10.3 Å². The van der Waals surface area contributed by atoms with Gasteiger partial charge in [-0.25, -0.2) is 4.98 Å². The molecule has 1 aliphatic rings. The maximum atomic E-state index is 13.7. The Balaban J connectivity index is 1.67. The Morgan fingerprint density at radius 2 is 2.08 bits per heavy atom. The number of aromatic nitrogens is 1. The van der Waals surface area contributed by atoms with Gasteiger partial charge < -0.3 is 20.1 Å². The number of rotatable bonds is 9. The van der Waals surface area contributed by atoms with Crippen molar-refractivity contribution in [3.05, 3.63) is 68.7 Å². The monoisotopic (exact) mass is 573 g/mol. The number of carbonyl (C=O) groups is 2. The molecular formula is C27H29BrClN3O4. The number of ether oxygens (including phenoxy) is 1. The second kappa shape index (κ2) is 11.6. The Kier molecular flexibility index (Phi) is 8.49. The molecule has 3 aromatic rings. The van der Waals surface area contributed by atoms with E-state index in [1.807, 2.05) is 43.3 Å². The minimum atomic E-state index is -0.885. The molecule has 1 amide bonds. The van der Waals surface area contributed by atoms with Gasteiger partial charge in [0.05, 0.1) is 17.2 Å². The molecule has 0 bridgehead atoms. The van der Waals surface area contributed by atoms with Gasteiger partial charge >= 0.3 is 5.97 Å². The molecule has 2 atom stereocenters. The van der Waals surface area contributed by atoms with E-state index in [0.717, 1.165) is 51.8 Å². The zero-order valence-electron chi connectivity index (χ0n) is 20.3. The lowest BCUT2D eigenvalue weighted by atomic mass is 9.93. The van der Waals surface area contributed by atoms with Crippen molar-refractivity contribution in [2.24, 2.45) is 0 Å². The molecule has 4 rings (SSSR count). The predicted molar refractivity (Wildman–Crippen MR) is 145 cm³/mol. The quantitative estimate of drug-likeness (QED) is 0.348. The third kappa shape index (κ3) is 5.82. The Bertz CT molecular complexity index is 1290. The highest BCUT2D eigenvalue weighted by Gasteiger charge is 2.28. The maximum absolute atomic E-state index is 13.7. The third-order valence-electron chi connectivity index (χ3n) is 6.73. The molecule has 2 aromatic carbocycles. The van der Waals surface area contributed by atoms with E-state index < -0.39 is 5.97 Å². The summed E-state index contributed by atoms with van der Waals surface area (Å²) in [7, 11) is 1.71. The smallest absolute Gasteiger partial charge is 0.303 e. The van der Waals surface area contributed by atoms with Gasteiger partial charge in [-0.1, -0.05) is 45.7 Å². The normalized spacial score (nSPS) is 16.3. The van der Waals surface area contributed by atoms with Crippen LogP contribution in [0.1, 0.15) is 46.7 Å². The number of anilines is 1. The standard InChI is InChI=1S/C27H29BrClN3O4/c1-16-25(27(35)30-14-17(7-10-24(33)34)20-5-3-4-6-22(20)29)21-13-18(28)8-9-23(21)31-26(16)32-12-11-19(15-32)36-2/h3-6,8-9,13,17,19H,7,10-12,14-15H2,1-2H3,(H,30,35)(H,33,34). The fourth-order valence-corrected chi connectivity index (χ4v) is 5.46. The largest absolute Gasteiger partial charge is 0.481 e. The van der Waals surface area contributed by atoms with E-state index in [1.165, 1.54) is 0 Å². The Labute approximate surface area is 223 Å². The first-order valence-electron chi connectivity index (χ1n) is 11.9. The van der Waals surface area contributed by atoms with Crippen molar-refractivity contribution in [2.75, 3.05) is 31.6 Å². The van der Waals surface area contributed by atoms with Crippen molar-refractivity contribution in [2.45, 2.75) is 38.2 Å². The number of aliphatic carboxylic acids is 1. The summed E-state index contributed by atoms with van der Waals surface area (Å²) >= 11 is 9.94. The average molecular weight is 575 g/mol. The number of carboxylic acids is 1. The maximum Gasteiger partial charge on any atom is 0.303 e. The lowest BCUT2D eigenvalue weighted by Crippen LogP contribution is -2.31. The minimum Gasteiger partial charge on any atom is -0.481 e. The first kappa shape index (κ1) is 26.4. The molecule has 1 fully saturated rings. The summed E-state index contributed by atoms with van der Waals surface area (Å²) in [5.41, 5.74) is 2.92. The van der Waals surface area contributed by atoms with E-state index in [4.69, 9.17) is 21.3 Å². The molecule has 0 saturated carbocycles. The fourth-order valence-electron chi connectivity index (χ4n) is 4.81. The molecule has 0 spiro atoms. The molecule has 0 aliphatic carbocycles. The molecule has 0 radical (unpaired) electrons. The van der Waals surface area contributed by atoms with Crippen molar-refractivity contribution < 1.29 is 19.4 Å². The lowest BCUT2D eigenvalue weighted by Gasteiger charge is -2.23. The molecule has 2 unspecified atom stereocenters. The van der Waals surface area contributed by atoms with Crippen LogP contribution in [0.3, 0.4) is 0 Å². The molecule has 1 aromatic heterocycles. The van der Waals surface area contributed by atoms with E-state index >= 15 is 0 Å². The van der Waals surface area contributed by atoms with Crippen LogP contribution in [0.5, 0.6) is 0 Å². The number of fused-ring (bicyclic) bond motifs is 1. The fraction of sp³-hybridized carbons (Fsp3) is 0.370. The summed E-state index contributed by atoms with van der Waals surface area (Å²) in [6, 6.07) is 13.1. The Morgan fingerprint density at radius 1 is 1.31 bits per heavy atom. The molecular weight excluding hydrogens is 546 g/mol. The molecule has 2 N–H and O–H groups in total. The number of nitrogens with one attached hydrogen (secondary N) is 1. The summed E-state index contributed by atoms with van der Waals surface area (Å²) in [4.78, 5) is 32.0. The van der Waals surface area contributed by atoms with Crippen LogP contribution in [-0.4, -0.2) is 54.8 Å². The van der Waals surface area contributed by atoms with Crippen LogP contribution in [-0.2, 0) is 9.53 Å². The van der Waals surface area contributed by atoms with Gasteiger partial charge in [0.2, 0.25) is 0 Å². The van der Waals surface area contributed by atoms with Crippen LogP contribution < -0.4 is 10.2 Å². The van der Waals surface area contributed by atoms with Crippen molar-refractivity contribution in [1.29, 1.82) is 0 Å². The van der Waals surface area contributed by atoms with Gasteiger partial charge in [0.1, 0.15) is 5.82 Å². The lowest BCUT2D eigenvalue weighted by molar-refractivity contribution is -0.137. The number of amides is 1. The summed E-state index contributed by atoms with van der Waals surface area (Å²) < 4.78 is 6.39. The first-order chi connectivity index (χ1) is 17.3. The molecule has 1 aliphatic heterocycles. The number of methoxy groups -OCH3 is 1. The van der Waals surface area contributed by atoms with E-state index in [0.29, 0.717) is 17.0 Å². The van der Waals surface area contributed by atoms with E-state index in [2.05, 4.69) is 26.1 Å². The van der Waals surface area contributed by atoms with Gasteiger partial charge in [-0.2, -0.15) is 0 Å². The van der Waals surface area contributed by atoms with Crippen molar-refractivity contribution in [3.8, 4) is 0 Å². The number of halogens is 2. The summed E-state index contributed by atoms with van der Waals surface area (Å²) in [6.07, 6.45) is 1.38. The van der Waals surface area contributed by atoms with Gasteiger partial charge in [-0.3, -0.25) is 9.59 Å². The van der Waals surface area contributed by atoms with Crippen molar-refractivity contribution in [3.63, 3.8) is 0 Å². The van der Waals surface area contributed by atoms with E-state index in [9.17, 15) is 14.7 Å². The number of benzene rings is 2. The highest BCUT2D eigenvalue weighted by atomic mass is 79.9. The average Bonchev–Trinajstić information content (AvgIpc) is 3.33. The molecule has 2 heterocycles. The van der Waals surface area contributed by atoms with Gasteiger partial charge in [0.25, 0.3) is 5.91 Å². The number of hydrogen-bond acceptors (Lipinski definition) is 5. The topological polar surface area (TPSA) is 91.8 Å². The number of hydrogen-bond donors (Lipinski definition) is 2. The van der Waals surface area contributed by atoms with Crippen LogP contribution in [0.4, 0.5) is 5.82 Å². The first-order valence-corrected chi connectivity index (χ1v) is 13.1. The van der Waals surface area contributed by atoms with Crippen molar-refractivity contribution >= 4 is 56.1 Å². The number of carboxylic acid groups (broad SMARTS) is 1. The highest BCUT2D eigenvalue weighted by Crippen LogP contribution is 2.33. The molecule has 1 saturated heterocycles. The van der Waals surface area contributed by atoms with Gasteiger partial charge in [-0.05, 0) is 49.6 Å². The van der Waals surface area contributed by atoms with Gasteiger partial charge in [0.15, 0.2) is 0 Å². The SMILES string of the molecule is COC1CCN(c2nc3ccc(Br)cc3c(C(=O)NCC(CCC(=O)O)c3ccccc3Cl)c2C)C1. The third-order valence-corrected chi connectivity index (χ3v) is 7.57. The highest BCUT2D eigenvalue weighted by molar-refractivity contribution is 9.10. The summed E-state index contributed by atoms with van der Waals surface area (Å²) in [5.74, 6) is -0.569. The molecule has 7 nitrogen and oxygen atoms in total. The van der Waals surface area contributed by atoms with E-state index in [-0.39, 0.29) is 30.9 Å². The Morgan fingerprint density at radius 3 is 2.78 bits per heavy atom. The number of nitrogens with zero attached hydrogens (tertiary/aromatic N) is 2. The van der Waals surface area contributed by atoms with Crippen LogP contribution >= 0.6 is 27.5 Å². The summed E-state index contributed by atoms with van der Waals surface area (Å²) in [5, 5.41) is 13.6. The van der Waals surface area contributed by atoms with Crippen LogP contribution in [0.25, 0.3) is 10.9 Å². The summed E-state index contributed by atoms with van der Waals surface area (Å²) in [6.45, 7) is 3.71. The minimum absolute atomic E-state index is 0.0182. The Hall–Kier alpha value is -2.68. The molecule has 190 valence electrons. The van der Waals surface area contributed by atoms with E-state index in [1.54, 1.807) is 13.2 Å². The number of carbonyl (C=O) groups excluding carboxylic acids is 1. The molecule has 9 heteroatoms. The van der Waals surface area contributed by atoms with Gasteiger partial charge in [0, 0.05) is 59.5 Å².